The number of aryl methyl sites for hydroxylation is 1. The molecule has 1 aromatic heterocycles. The maximum atomic E-state index is 13.3. The van der Waals surface area contributed by atoms with Crippen LogP contribution in [0.5, 0.6) is 0 Å². The lowest BCUT2D eigenvalue weighted by atomic mass is 9.86. The SMILES string of the molecule is Cc1nc2c(o1)N(c1ccccc1)C(N)=C(C#N)C2c1ccc(F)cc1. The maximum absolute atomic E-state index is 13.3. The van der Waals surface area contributed by atoms with Gasteiger partial charge in [-0.3, -0.25) is 4.90 Å². The standard InChI is InChI=1S/C20H15FN4O/c1-12-24-18-17(13-7-9-14(21)10-8-13)16(11-22)19(23)25(20(18)26-12)15-5-3-2-4-6-15/h2-10,17H,23H2,1H3. The maximum Gasteiger partial charge on any atom is 0.230 e. The summed E-state index contributed by atoms with van der Waals surface area (Å²) in [6.07, 6.45) is 0. The summed E-state index contributed by atoms with van der Waals surface area (Å²) in [7, 11) is 0. The second kappa shape index (κ2) is 6.05. The van der Waals surface area contributed by atoms with Crippen molar-refractivity contribution in [2.24, 2.45) is 5.73 Å². The molecule has 1 aliphatic heterocycles. The first-order valence-electron chi connectivity index (χ1n) is 8.08. The number of nitrogens with zero attached hydrogens (tertiary/aromatic N) is 3. The van der Waals surface area contributed by atoms with Gasteiger partial charge in [-0.05, 0) is 29.8 Å². The highest BCUT2D eigenvalue weighted by Crippen LogP contribution is 2.46. The Labute approximate surface area is 149 Å². The van der Waals surface area contributed by atoms with Crippen LogP contribution in [0.15, 0.2) is 70.4 Å². The molecule has 0 saturated heterocycles. The van der Waals surface area contributed by atoms with Crippen molar-refractivity contribution in [2.75, 3.05) is 4.90 Å². The first-order chi connectivity index (χ1) is 12.6. The van der Waals surface area contributed by atoms with Crippen molar-refractivity contribution in [3.05, 3.63) is 89.0 Å². The van der Waals surface area contributed by atoms with E-state index < -0.39 is 5.92 Å². The van der Waals surface area contributed by atoms with Crippen molar-refractivity contribution >= 4 is 11.6 Å². The number of nitriles is 1. The van der Waals surface area contributed by atoms with Gasteiger partial charge < -0.3 is 10.2 Å². The number of oxazole rings is 1. The van der Waals surface area contributed by atoms with Gasteiger partial charge in [-0.2, -0.15) is 5.26 Å². The van der Waals surface area contributed by atoms with Gasteiger partial charge in [-0.1, -0.05) is 30.3 Å². The summed E-state index contributed by atoms with van der Waals surface area (Å²) >= 11 is 0. The van der Waals surface area contributed by atoms with Gasteiger partial charge in [-0.15, -0.1) is 0 Å². The second-order valence-corrected chi connectivity index (χ2v) is 5.99. The fraction of sp³-hybridized carbons (Fsp3) is 0.100. The molecule has 2 aromatic carbocycles. The molecular weight excluding hydrogens is 331 g/mol. The minimum absolute atomic E-state index is 0.275. The lowest BCUT2D eigenvalue weighted by molar-refractivity contribution is 0.522. The quantitative estimate of drug-likeness (QED) is 0.756. The number of nitrogens with two attached hydrogens (primary N) is 1. The lowest BCUT2D eigenvalue weighted by Gasteiger charge is -2.31. The number of benzene rings is 2. The van der Waals surface area contributed by atoms with Crippen LogP contribution >= 0.6 is 0 Å². The summed E-state index contributed by atoms with van der Waals surface area (Å²) in [5, 5.41) is 9.80. The zero-order chi connectivity index (χ0) is 18.3. The molecule has 1 unspecified atom stereocenters. The van der Waals surface area contributed by atoms with Crippen LogP contribution in [0.2, 0.25) is 0 Å². The fourth-order valence-electron chi connectivity index (χ4n) is 3.23. The van der Waals surface area contributed by atoms with E-state index in [9.17, 15) is 9.65 Å². The van der Waals surface area contributed by atoms with E-state index in [1.165, 1.54) is 12.1 Å². The monoisotopic (exact) mass is 346 g/mol. The molecule has 0 bridgehead atoms. The summed E-state index contributed by atoms with van der Waals surface area (Å²) in [4.78, 5) is 6.19. The molecule has 2 heterocycles. The highest BCUT2D eigenvalue weighted by atomic mass is 19.1. The number of fused-ring (bicyclic) bond motifs is 1. The van der Waals surface area contributed by atoms with E-state index in [0.29, 0.717) is 23.0 Å². The molecule has 0 fully saturated rings. The van der Waals surface area contributed by atoms with E-state index in [1.54, 1.807) is 24.0 Å². The van der Waals surface area contributed by atoms with Crippen molar-refractivity contribution in [2.45, 2.75) is 12.8 Å². The molecule has 3 aromatic rings. The highest BCUT2D eigenvalue weighted by molar-refractivity contribution is 5.73. The molecule has 5 nitrogen and oxygen atoms in total. The van der Waals surface area contributed by atoms with E-state index in [-0.39, 0.29) is 11.6 Å². The molecular formula is C20H15FN4O. The average Bonchev–Trinajstić information content (AvgIpc) is 3.03. The van der Waals surface area contributed by atoms with Crippen LogP contribution in [0, 0.1) is 24.1 Å². The molecule has 0 amide bonds. The van der Waals surface area contributed by atoms with Crippen LogP contribution in [0.25, 0.3) is 0 Å². The summed E-state index contributed by atoms with van der Waals surface area (Å²) in [5.41, 5.74) is 8.80. The first-order valence-corrected chi connectivity index (χ1v) is 8.08. The molecule has 1 atom stereocenters. The minimum Gasteiger partial charge on any atom is -0.424 e. The molecule has 0 aliphatic carbocycles. The number of aromatic nitrogens is 1. The zero-order valence-electron chi connectivity index (χ0n) is 14.0. The Morgan fingerprint density at radius 2 is 1.85 bits per heavy atom. The largest absolute Gasteiger partial charge is 0.424 e. The van der Waals surface area contributed by atoms with Crippen molar-refractivity contribution < 1.29 is 8.81 Å². The summed E-state index contributed by atoms with van der Waals surface area (Å²) in [6.45, 7) is 1.74. The Kier molecular flexibility index (Phi) is 3.70. The first kappa shape index (κ1) is 15.9. The van der Waals surface area contributed by atoms with Crippen LogP contribution in [-0.2, 0) is 0 Å². The number of para-hydroxylation sites is 1. The third kappa shape index (κ3) is 2.42. The molecule has 128 valence electrons. The van der Waals surface area contributed by atoms with Crippen molar-refractivity contribution in [1.29, 1.82) is 5.26 Å². The molecule has 26 heavy (non-hydrogen) atoms. The van der Waals surface area contributed by atoms with Gasteiger partial charge in [-0.25, -0.2) is 9.37 Å². The molecule has 0 radical (unpaired) electrons. The average molecular weight is 346 g/mol. The zero-order valence-corrected chi connectivity index (χ0v) is 14.0. The number of allylic oxidation sites excluding steroid dienone is 1. The lowest BCUT2D eigenvalue weighted by Crippen LogP contribution is -2.31. The summed E-state index contributed by atoms with van der Waals surface area (Å²) in [5.74, 6) is 0.363. The number of anilines is 2. The smallest absolute Gasteiger partial charge is 0.230 e. The molecule has 1 aliphatic rings. The molecule has 0 saturated carbocycles. The molecule has 0 spiro atoms. The van der Waals surface area contributed by atoms with Crippen LogP contribution in [0.4, 0.5) is 16.0 Å². The van der Waals surface area contributed by atoms with E-state index in [4.69, 9.17) is 10.2 Å². The van der Waals surface area contributed by atoms with Gasteiger partial charge >= 0.3 is 0 Å². The van der Waals surface area contributed by atoms with E-state index >= 15 is 0 Å². The van der Waals surface area contributed by atoms with Gasteiger partial charge in [0.05, 0.1) is 23.2 Å². The molecule has 2 N–H and O–H groups in total. The van der Waals surface area contributed by atoms with Gasteiger partial charge in [0, 0.05) is 6.92 Å². The highest BCUT2D eigenvalue weighted by Gasteiger charge is 2.38. The van der Waals surface area contributed by atoms with E-state index in [0.717, 1.165) is 11.3 Å². The van der Waals surface area contributed by atoms with Gasteiger partial charge in [0.1, 0.15) is 17.3 Å². The van der Waals surface area contributed by atoms with Crippen LogP contribution in [0.3, 0.4) is 0 Å². The van der Waals surface area contributed by atoms with Crippen LogP contribution in [0.1, 0.15) is 23.1 Å². The number of hydrogen-bond acceptors (Lipinski definition) is 5. The Balaban J connectivity index is 1.96. The summed E-state index contributed by atoms with van der Waals surface area (Å²) < 4.78 is 19.2. The predicted octanol–water partition coefficient (Wildman–Crippen LogP) is 4.10. The number of rotatable bonds is 2. The van der Waals surface area contributed by atoms with Gasteiger partial charge in [0.2, 0.25) is 5.88 Å². The Hall–Kier alpha value is -3.59. The number of halogens is 1. The van der Waals surface area contributed by atoms with Crippen LogP contribution in [-0.4, -0.2) is 4.98 Å². The topological polar surface area (TPSA) is 79.1 Å². The number of hydrogen-bond donors (Lipinski definition) is 1. The van der Waals surface area contributed by atoms with E-state index in [2.05, 4.69) is 11.1 Å². The van der Waals surface area contributed by atoms with Gasteiger partial charge in [0.25, 0.3) is 0 Å². The van der Waals surface area contributed by atoms with Crippen LogP contribution < -0.4 is 10.6 Å². The third-order valence-electron chi connectivity index (χ3n) is 4.36. The predicted molar refractivity (Wildman–Crippen MR) is 94.9 cm³/mol. The normalized spacial score (nSPS) is 16.3. The van der Waals surface area contributed by atoms with Gasteiger partial charge in [0.15, 0.2) is 5.89 Å². The summed E-state index contributed by atoms with van der Waals surface area (Å²) in [6, 6.07) is 17.6. The Bertz CT molecular complexity index is 1030. The Morgan fingerprint density at radius 1 is 1.15 bits per heavy atom. The van der Waals surface area contributed by atoms with Crippen molar-refractivity contribution in [3.8, 4) is 6.07 Å². The van der Waals surface area contributed by atoms with Crippen molar-refractivity contribution in [3.63, 3.8) is 0 Å². The minimum atomic E-state index is -0.506. The third-order valence-corrected chi connectivity index (χ3v) is 4.36. The molecule has 4 rings (SSSR count). The fourth-order valence-corrected chi connectivity index (χ4v) is 3.23. The Morgan fingerprint density at radius 3 is 2.50 bits per heavy atom. The van der Waals surface area contributed by atoms with Crippen molar-refractivity contribution in [1.82, 2.24) is 4.98 Å². The van der Waals surface area contributed by atoms with E-state index in [1.807, 2.05) is 30.3 Å². The molecule has 6 heteroatoms. The second-order valence-electron chi connectivity index (χ2n) is 5.99.